The SMILES string of the molecule is O=C1N(c2ccccc2)C[C@]2(CC[C@@H](NCc3ccccc3)CC2)OC12CC2. The summed E-state index contributed by atoms with van der Waals surface area (Å²) in [6, 6.07) is 21.2. The average Bonchev–Trinajstić information content (AvgIpc) is 3.52. The molecule has 3 fully saturated rings. The summed E-state index contributed by atoms with van der Waals surface area (Å²) in [5.41, 5.74) is 1.60. The topological polar surface area (TPSA) is 41.6 Å². The van der Waals surface area contributed by atoms with Gasteiger partial charge in [-0.25, -0.2) is 0 Å². The van der Waals surface area contributed by atoms with Crippen LogP contribution in [0.5, 0.6) is 0 Å². The molecule has 0 atom stereocenters. The predicted octanol–water partition coefficient (Wildman–Crippen LogP) is 4.05. The minimum Gasteiger partial charge on any atom is -0.357 e. The number of hydrogen-bond acceptors (Lipinski definition) is 3. The van der Waals surface area contributed by atoms with E-state index in [9.17, 15) is 4.79 Å². The van der Waals surface area contributed by atoms with Crippen LogP contribution in [0.1, 0.15) is 44.1 Å². The van der Waals surface area contributed by atoms with Crippen molar-refractivity contribution in [1.29, 1.82) is 0 Å². The second-order valence-electron chi connectivity index (χ2n) is 8.65. The summed E-state index contributed by atoms with van der Waals surface area (Å²) in [5, 5.41) is 3.71. The van der Waals surface area contributed by atoms with Crippen LogP contribution in [0.15, 0.2) is 60.7 Å². The monoisotopic (exact) mass is 376 g/mol. The van der Waals surface area contributed by atoms with Crippen LogP contribution in [-0.2, 0) is 16.1 Å². The minimum absolute atomic E-state index is 0.161. The Bertz CT molecular complexity index is 824. The molecule has 2 aromatic carbocycles. The highest BCUT2D eigenvalue weighted by molar-refractivity contribution is 6.02. The first kappa shape index (κ1) is 17.9. The molecule has 3 aliphatic rings. The van der Waals surface area contributed by atoms with Gasteiger partial charge in [0.25, 0.3) is 5.91 Å². The molecule has 0 radical (unpaired) electrons. The van der Waals surface area contributed by atoms with Crippen LogP contribution < -0.4 is 10.2 Å². The van der Waals surface area contributed by atoms with E-state index in [0.717, 1.165) is 50.8 Å². The maximum absolute atomic E-state index is 13.0. The van der Waals surface area contributed by atoms with Gasteiger partial charge in [0.05, 0.1) is 12.1 Å². The first-order valence-electron chi connectivity index (χ1n) is 10.5. The van der Waals surface area contributed by atoms with Crippen LogP contribution in [0.25, 0.3) is 0 Å². The van der Waals surface area contributed by atoms with E-state index in [0.29, 0.717) is 12.6 Å². The lowest BCUT2D eigenvalue weighted by molar-refractivity contribution is -0.169. The van der Waals surface area contributed by atoms with Gasteiger partial charge in [-0.05, 0) is 56.2 Å². The van der Waals surface area contributed by atoms with E-state index >= 15 is 0 Å². The van der Waals surface area contributed by atoms with E-state index in [1.807, 2.05) is 35.2 Å². The lowest BCUT2D eigenvalue weighted by atomic mass is 9.80. The molecule has 28 heavy (non-hydrogen) atoms. The van der Waals surface area contributed by atoms with Gasteiger partial charge in [0, 0.05) is 18.3 Å². The number of rotatable bonds is 4. The number of hydrogen-bond donors (Lipinski definition) is 1. The lowest BCUT2D eigenvalue weighted by Crippen LogP contribution is -2.62. The number of nitrogens with one attached hydrogen (secondary N) is 1. The van der Waals surface area contributed by atoms with Crippen molar-refractivity contribution < 1.29 is 9.53 Å². The molecule has 1 amide bonds. The van der Waals surface area contributed by atoms with Gasteiger partial charge in [0.2, 0.25) is 0 Å². The van der Waals surface area contributed by atoms with E-state index in [4.69, 9.17) is 4.74 Å². The number of carbonyl (C=O) groups is 1. The maximum Gasteiger partial charge on any atom is 0.259 e. The molecule has 146 valence electrons. The second-order valence-corrected chi connectivity index (χ2v) is 8.65. The van der Waals surface area contributed by atoms with Crippen LogP contribution in [-0.4, -0.2) is 29.7 Å². The van der Waals surface area contributed by atoms with Gasteiger partial charge in [0.15, 0.2) is 0 Å². The molecule has 2 saturated carbocycles. The Morgan fingerprint density at radius 3 is 2.21 bits per heavy atom. The summed E-state index contributed by atoms with van der Waals surface area (Å²) in [4.78, 5) is 15.0. The Kier molecular flexibility index (Phi) is 4.48. The summed E-state index contributed by atoms with van der Waals surface area (Å²) < 4.78 is 6.57. The van der Waals surface area contributed by atoms with Crippen molar-refractivity contribution in [2.45, 2.75) is 62.3 Å². The van der Waals surface area contributed by atoms with E-state index in [1.165, 1.54) is 5.56 Å². The van der Waals surface area contributed by atoms with Crippen molar-refractivity contribution in [2.24, 2.45) is 0 Å². The van der Waals surface area contributed by atoms with E-state index in [1.54, 1.807) is 0 Å². The van der Waals surface area contributed by atoms with Crippen molar-refractivity contribution in [3.63, 3.8) is 0 Å². The predicted molar refractivity (Wildman–Crippen MR) is 110 cm³/mol. The highest BCUT2D eigenvalue weighted by atomic mass is 16.5. The lowest BCUT2D eigenvalue weighted by Gasteiger charge is -2.49. The van der Waals surface area contributed by atoms with Gasteiger partial charge >= 0.3 is 0 Å². The summed E-state index contributed by atoms with van der Waals surface area (Å²) >= 11 is 0. The first-order chi connectivity index (χ1) is 13.7. The number of morpholine rings is 1. The molecular formula is C24H28N2O2. The standard InChI is InChI=1S/C24H28N2O2/c27-22-24(15-16-24)28-23(18-26(22)21-9-5-2-6-10-21)13-11-20(12-14-23)25-17-19-7-3-1-4-8-19/h1-10,20,25H,11-18H2/t20-,23-. The molecule has 0 unspecified atom stereocenters. The second kappa shape index (κ2) is 7.02. The zero-order chi connectivity index (χ0) is 19.0. The van der Waals surface area contributed by atoms with Gasteiger partial charge < -0.3 is 15.0 Å². The zero-order valence-electron chi connectivity index (χ0n) is 16.3. The molecule has 2 spiro atoms. The normalized spacial score (nSPS) is 28.6. The quantitative estimate of drug-likeness (QED) is 0.875. The van der Waals surface area contributed by atoms with Crippen LogP contribution in [0.2, 0.25) is 0 Å². The highest BCUT2D eigenvalue weighted by Crippen LogP contribution is 2.51. The number of nitrogens with zero attached hydrogens (tertiary/aromatic N) is 1. The number of benzene rings is 2. The smallest absolute Gasteiger partial charge is 0.259 e. The third-order valence-electron chi connectivity index (χ3n) is 6.60. The fourth-order valence-corrected chi connectivity index (χ4v) is 4.81. The minimum atomic E-state index is -0.543. The summed E-state index contributed by atoms with van der Waals surface area (Å²) in [7, 11) is 0. The molecule has 2 aromatic rings. The summed E-state index contributed by atoms with van der Waals surface area (Å²) in [6.45, 7) is 1.60. The van der Waals surface area contributed by atoms with Crippen LogP contribution in [0, 0.1) is 0 Å². The average molecular weight is 377 g/mol. The first-order valence-corrected chi connectivity index (χ1v) is 10.5. The largest absolute Gasteiger partial charge is 0.357 e. The van der Waals surface area contributed by atoms with Crippen molar-refractivity contribution in [3.05, 3.63) is 66.2 Å². The Labute approximate surface area is 166 Å². The fourth-order valence-electron chi connectivity index (χ4n) is 4.81. The molecule has 1 aliphatic heterocycles. The third kappa shape index (κ3) is 3.36. The third-order valence-corrected chi connectivity index (χ3v) is 6.60. The molecular weight excluding hydrogens is 348 g/mol. The highest BCUT2D eigenvalue weighted by Gasteiger charge is 2.62. The van der Waals surface area contributed by atoms with Crippen LogP contribution >= 0.6 is 0 Å². The van der Waals surface area contributed by atoms with Gasteiger partial charge in [-0.1, -0.05) is 48.5 Å². The van der Waals surface area contributed by atoms with Crippen molar-refractivity contribution in [2.75, 3.05) is 11.4 Å². The molecule has 2 aliphatic carbocycles. The molecule has 1 heterocycles. The fraction of sp³-hybridized carbons (Fsp3) is 0.458. The Morgan fingerprint density at radius 1 is 0.929 bits per heavy atom. The molecule has 5 rings (SSSR count). The summed E-state index contributed by atoms with van der Waals surface area (Å²) in [5.74, 6) is 0.161. The Hall–Kier alpha value is -2.17. The number of amides is 1. The maximum atomic E-state index is 13.0. The number of ether oxygens (including phenoxy) is 1. The Morgan fingerprint density at radius 2 is 1.57 bits per heavy atom. The van der Waals surface area contributed by atoms with Crippen LogP contribution in [0.3, 0.4) is 0 Å². The van der Waals surface area contributed by atoms with Gasteiger partial charge in [-0.15, -0.1) is 0 Å². The Balaban J connectivity index is 1.26. The van der Waals surface area contributed by atoms with Gasteiger partial charge in [0.1, 0.15) is 5.60 Å². The molecule has 0 aromatic heterocycles. The van der Waals surface area contributed by atoms with Crippen molar-refractivity contribution >= 4 is 11.6 Å². The number of anilines is 1. The molecule has 4 heteroatoms. The van der Waals surface area contributed by atoms with E-state index in [-0.39, 0.29) is 11.5 Å². The number of para-hydroxylation sites is 1. The molecule has 0 bridgehead atoms. The zero-order valence-corrected chi connectivity index (χ0v) is 16.3. The molecule has 1 saturated heterocycles. The van der Waals surface area contributed by atoms with Crippen LogP contribution in [0.4, 0.5) is 5.69 Å². The van der Waals surface area contributed by atoms with Gasteiger partial charge in [-0.2, -0.15) is 0 Å². The van der Waals surface area contributed by atoms with E-state index < -0.39 is 5.60 Å². The van der Waals surface area contributed by atoms with E-state index in [2.05, 4.69) is 35.6 Å². The summed E-state index contributed by atoms with van der Waals surface area (Å²) in [6.07, 6.45) is 5.95. The molecule has 4 nitrogen and oxygen atoms in total. The molecule has 1 N–H and O–H groups in total. The van der Waals surface area contributed by atoms with Crippen molar-refractivity contribution in [1.82, 2.24) is 5.32 Å². The van der Waals surface area contributed by atoms with Crippen molar-refractivity contribution in [3.8, 4) is 0 Å². The van der Waals surface area contributed by atoms with Gasteiger partial charge in [-0.3, -0.25) is 4.79 Å². The number of carbonyl (C=O) groups excluding carboxylic acids is 1.